The van der Waals surface area contributed by atoms with Gasteiger partial charge in [0.25, 0.3) is 0 Å². The van der Waals surface area contributed by atoms with Gasteiger partial charge in [0.2, 0.25) is 0 Å². The predicted molar refractivity (Wildman–Crippen MR) is 68.0 cm³/mol. The van der Waals surface area contributed by atoms with Crippen molar-refractivity contribution in [3.8, 4) is 0 Å². The van der Waals surface area contributed by atoms with Crippen LogP contribution in [-0.4, -0.2) is 53.3 Å². The van der Waals surface area contributed by atoms with Crippen molar-refractivity contribution in [3.63, 3.8) is 0 Å². The van der Waals surface area contributed by atoms with Crippen LogP contribution in [0.25, 0.3) is 0 Å². The number of carboxylic acid groups (broad SMARTS) is 1. The van der Waals surface area contributed by atoms with Gasteiger partial charge >= 0.3 is 5.97 Å². The van der Waals surface area contributed by atoms with E-state index in [9.17, 15) is 4.79 Å². The molecule has 1 heterocycles. The summed E-state index contributed by atoms with van der Waals surface area (Å²) in [6.45, 7) is 4.29. The molecule has 7 heteroatoms. The van der Waals surface area contributed by atoms with Crippen molar-refractivity contribution >= 4 is 17.7 Å². The van der Waals surface area contributed by atoms with Crippen LogP contribution in [0.5, 0.6) is 0 Å². The SMILES string of the molecule is COCCOCCn1c(C)cnc1SCC(=O)O. The summed E-state index contributed by atoms with van der Waals surface area (Å²) in [5, 5.41) is 9.36. The van der Waals surface area contributed by atoms with Crippen LogP contribution in [0, 0.1) is 6.92 Å². The molecule has 1 N–H and O–H groups in total. The molecule has 1 aromatic heterocycles. The Labute approximate surface area is 110 Å². The normalized spacial score (nSPS) is 10.8. The first-order valence-corrected chi connectivity index (χ1v) is 6.57. The van der Waals surface area contributed by atoms with E-state index in [1.165, 1.54) is 11.8 Å². The molecular formula is C11H18N2O4S. The van der Waals surface area contributed by atoms with Crippen molar-refractivity contribution in [1.29, 1.82) is 0 Å². The maximum absolute atomic E-state index is 10.5. The average Bonchev–Trinajstić information content (AvgIpc) is 2.68. The van der Waals surface area contributed by atoms with Crippen LogP contribution in [0.3, 0.4) is 0 Å². The Kier molecular flexibility index (Phi) is 6.77. The largest absolute Gasteiger partial charge is 0.481 e. The van der Waals surface area contributed by atoms with Crippen LogP contribution in [0.15, 0.2) is 11.4 Å². The standard InChI is InChI=1S/C11H18N2O4S/c1-9-7-12-11(18-8-10(14)15)13(9)3-4-17-6-5-16-2/h7H,3-6,8H2,1-2H3,(H,14,15). The molecule has 0 saturated carbocycles. The molecule has 0 aliphatic heterocycles. The van der Waals surface area contributed by atoms with E-state index < -0.39 is 5.97 Å². The van der Waals surface area contributed by atoms with Gasteiger partial charge in [-0.25, -0.2) is 4.98 Å². The van der Waals surface area contributed by atoms with Gasteiger partial charge < -0.3 is 19.1 Å². The number of ether oxygens (including phenoxy) is 2. The van der Waals surface area contributed by atoms with Crippen LogP contribution in [0.2, 0.25) is 0 Å². The number of carbonyl (C=O) groups is 1. The number of rotatable bonds is 9. The fourth-order valence-electron chi connectivity index (χ4n) is 1.35. The third-order valence-electron chi connectivity index (χ3n) is 2.23. The highest BCUT2D eigenvalue weighted by atomic mass is 32.2. The molecule has 0 aliphatic rings. The molecule has 0 aromatic carbocycles. The van der Waals surface area contributed by atoms with E-state index in [2.05, 4.69) is 4.98 Å². The van der Waals surface area contributed by atoms with Crippen LogP contribution in [0.1, 0.15) is 5.69 Å². The number of methoxy groups -OCH3 is 1. The van der Waals surface area contributed by atoms with Crippen molar-refractivity contribution in [2.75, 3.05) is 32.7 Å². The maximum Gasteiger partial charge on any atom is 0.313 e. The monoisotopic (exact) mass is 274 g/mol. The number of carboxylic acids is 1. The molecule has 0 spiro atoms. The van der Waals surface area contributed by atoms with Crippen molar-refractivity contribution in [3.05, 3.63) is 11.9 Å². The lowest BCUT2D eigenvalue weighted by molar-refractivity contribution is -0.133. The molecule has 0 bridgehead atoms. The molecule has 0 radical (unpaired) electrons. The van der Waals surface area contributed by atoms with Gasteiger partial charge in [0.15, 0.2) is 5.16 Å². The number of aryl methyl sites for hydroxylation is 1. The fraction of sp³-hybridized carbons (Fsp3) is 0.636. The summed E-state index contributed by atoms with van der Waals surface area (Å²) >= 11 is 1.22. The molecule has 1 rings (SSSR count). The summed E-state index contributed by atoms with van der Waals surface area (Å²) < 4.78 is 12.2. The van der Waals surface area contributed by atoms with Gasteiger partial charge in [-0.05, 0) is 6.92 Å². The van der Waals surface area contributed by atoms with E-state index in [1.807, 2.05) is 11.5 Å². The van der Waals surface area contributed by atoms with Crippen LogP contribution >= 0.6 is 11.8 Å². The van der Waals surface area contributed by atoms with Gasteiger partial charge in [-0.3, -0.25) is 4.79 Å². The molecule has 0 aliphatic carbocycles. The lowest BCUT2D eigenvalue weighted by Gasteiger charge is -2.09. The van der Waals surface area contributed by atoms with Crippen LogP contribution in [0.4, 0.5) is 0 Å². The molecule has 0 atom stereocenters. The number of imidazole rings is 1. The minimum atomic E-state index is -0.844. The fourth-order valence-corrected chi connectivity index (χ4v) is 2.12. The molecule has 1 aromatic rings. The second-order valence-corrected chi connectivity index (χ2v) is 4.56. The quantitative estimate of drug-likeness (QED) is 0.535. The highest BCUT2D eigenvalue weighted by Crippen LogP contribution is 2.17. The van der Waals surface area contributed by atoms with E-state index >= 15 is 0 Å². The number of aliphatic carboxylic acids is 1. The van der Waals surface area contributed by atoms with E-state index in [0.29, 0.717) is 31.5 Å². The second-order valence-electron chi connectivity index (χ2n) is 3.62. The molecular weight excluding hydrogens is 256 g/mol. The second kappa shape index (κ2) is 8.12. The predicted octanol–water partition coefficient (Wildman–Crippen LogP) is 1.03. The van der Waals surface area contributed by atoms with Crippen LogP contribution < -0.4 is 0 Å². The Morgan fingerprint density at radius 3 is 2.94 bits per heavy atom. The van der Waals surface area contributed by atoms with Crippen molar-refractivity contribution in [2.45, 2.75) is 18.6 Å². The molecule has 18 heavy (non-hydrogen) atoms. The molecule has 0 saturated heterocycles. The molecule has 6 nitrogen and oxygen atoms in total. The number of thioether (sulfide) groups is 1. The Hall–Kier alpha value is -1.05. The minimum Gasteiger partial charge on any atom is -0.481 e. The van der Waals surface area contributed by atoms with E-state index in [0.717, 1.165) is 5.69 Å². The van der Waals surface area contributed by atoms with E-state index in [-0.39, 0.29) is 5.75 Å². The summed E-state index contributed by atoms with van der Waals surface area (Å²) in [5.41, 5.74) is 0.998. The topological polar surface area (TPSA) is 73.6 Å². The van der Waals surface area contributed by atoms with Gasteiger partial charge in [0.1, 0.15) is 0 Å². The summed E-state index contributed by atoms with van der Waals surface area (Å²) in [5.74, 6) is -0.829. The lowest BCUT2D eigenvalue weighted by atomic mass is 10.5. The third-order valence-corrected chi connectivity index (χ3v) is 3.21. The smallest absolute Gasteiger partial charge is 0.313 e. The van der Waals surface area contributed by atoms with E-state index in [4.69, 9.17) is 14.6 Å². The maximum atomic E-state index is 10.5. The van der Waals surface area contributed by atoms with E-state index in [1.54, 1.807) is 13.3 Å². The first kappa shape index (κ1) is 15.0. The summed E-state index contributed by atoms with van der Waals surface area (Å²) in [6.07, 6.45) is 1.74. The van der Waals surface area contributed by atoms with Gasteiger partial charge in [0, 0.05) is 25.5 Å². The molecule has 102 valence electrons. The number of aromatic nitrogens is 2. The summed E-state index contributed by atoms with van der Waals surface area (Å²) in [4.78, 5) is 14.7. The molecule has 0 fully saturated rings. The summed E-state index contributed by atoms with van der Waals surface area (Å²) in [7, 11) is 1.63. The Morgan fingerprint density at radius 2 is 2.28 bits per heavy atom. The average molecular weight is 274 g/mol. The van der Waals surface area contributed by atoms with Gasteiger partial charge in [-0.2, -0.15) is 0 Å². The lowest BCUT2D eigenvalue weighted by Crippen LogP contribution is -2.11. The minimum absolute atomic E-state index is 0.0149. The Balaban J connectivity index is 2.42. The number of hydrogen-bond donors (Lipinski definition) is 1. The molecule has 0 amide bonds. The number of nitrogens with zero attached hydrogens (tertiary/aromatic N) is 2. The van der Waals surface area contributed by atoms with Gasteiger partial charge in [-0.1, -0.05) is 11.8 Å². The first-order chi connectivity index (χ1) is 8.65. The zero-order chi connectivity index (χ0) is 13.4. The van der Waals surface area contributed by atoms with Crippen molar-refractivity contribution in [1.82, 2.24) is 9.55 Å². The van der Waals surface area contributed by atoms with Gasteiger partial charge in [0.05, 0.1) is 25.6 Å². The zero-order valence-electron chi connectivity index (χ0n) is 10.6. The zero-order valence-corrected chi connectivity index (χ0v) is 11.4. The Morgan fingerprint density at radius 1 is 1.50 bits per heavy atom. The third kappa shape index (κ3) is 5.07. The van der Waals surface area contributed by atoms with Crippen LogP contribution in [-0.2, 0) is 20.8 Å². The first-order valence-electron chi connectivity index (χ1n) is 5.58. The highest BCUT2D eigenvalue weighted by Gasteiger charge is 2.09. The highest BCUT2D eigenvalue weighted by molar-refractivity contribution is 7.99. The Bertz CT molecular complexity index is 381. The molecule has 0 unspecified atom stereocenters. The van der Waals surface area contributed by atoms with Crippen molar-refractivity contribution in [2.24, 2.45) is 0 Å². The van der Waals surface area contributed by atoms with Gasteiger partial charge in [-0.15, -0.1) is 0 Å². The summed E-state index contributed by atoms with van der Waals surface area (Å²) in [6, 6.07) is 0. The number of hydrogen-bond acceptors (Lipinski definition) is 5. The van der Waals surface area contributed by atoms with Crippen molar-refractivity contribution < 1.29 is 19.4 Å².